The fraction of sp³-hybridized carbons (Fsp3) is 0.0714. The molecule has 4 heteroatoms. The van der Waals surface area contributed by atoms with Gasteiger partial charge in [0, 0.05) is 32.9 Å². The minimum absolute atomic E-state index is 0.0557. The highest BCUT2D eigenvalue weighted by Crippen LogP contribution is 2.53. The van der Waals surface area contributed by atoms with E-state index in [1.807, 2.05) is 60.7 Å². The number of furan rings is 1. The van der Waals surface area contributed by atoms with Crippen LogP contribution in [0, 0.1) is 0 Å². The van der Waals surface area contributed by atoms with Crippen molar-refractivity contribution in [2.24, 2.45) is 0 Å². The van der Waals surface area contributed by atoms with Gasteiger partial charge < -0.3 is 4.42 Å². The summed E-state index contributed by atoms with van der Waals surface area (Å²) in [5.41, 5.74) is 12.0. The van der Waals surface area contributed by atoms with Gasteiger partial charge in [0.05, 0.1) is 0 Å². The molecule has 8 aromatic rings. The summed E-state index contributed by atoms with van der Waals surface area (Å²) in [6, 6.07) is 48.2. The Balaban J connectivity index is 1.17. The molecule has 0 atom stereocenters. The summed E-state index contributed by atoms with van der Waals surface area (Å²) >= 11 is 0. The van der Waals surface area contributed by atoms with Crippen LogP contribution in [0.3, 0.4) is 0 Å². The van der Waals surface area contributed by atoms with Crippen molar-refractivity contribution in [2.45, 2.75) is 19.3 Å². The van der Waals surface area contributed by atoms with Gasteiger partial charge in [0.1, 0.15) is 11.2 Å². The van der Waals surface area contributed by atoms with Gasteiger partial charge >= 0.3 is 0 Å². The molecule has 46 heavy (non-hydrogen) atoms. The van der Waals surface area contributed by atoms with Crippen LogP contribution in [0.4, 0.5) is 0 Å². The van der Waals surface area contributed by atoms with E-state index in [2.05, 4.69) is 92.7 Å². The lowest BCUT2D eigenvalue weighted by Crippen LogP contribution is -2.14. The van der Waals surface area contributed by atoms with Crippen LogP contribution in [0.15, 0.2) is 144 Å². The van der Waals surface area contributed by atoms with Crippen molar-refractivity contribution >= 4 is 21.9 Å². The van der Waals surface area contributed by atoms with Gasteiger partial charge in [0.2, 0.25) is 0 Å². The lowest BCUT2D eigenvalue weighted by molar-refractivity contribution is 0.656. The van der Waals surface area contributed by atoms with E-state index >= 15 is 0 Å². The Bertz CT molecular complexity index is 2380. The third kappa shape index (κ3) is 4.11. The molecule has 0 unspecified atom stereocenters. The summed E-state index contributed by atoms with van der Waals surface area (Å²) < 4.78 is 6.53. The first-order chi connectivity index (χ1) is 22.5. The van der Waals surface area contributed by atoms with Crippen LogP contribution < -0.4 is 0 Å². The van der Waals surface area contributed by atoms with Crippen LogP contribution in [0.5, 0.6) is 0 Å². The number of hydrogen-bond donors (Lipinski definition) is 0. The summed E-state index contributed by atoms with van der Waals surface area (Å²) in [5, 5.41) is 2.33. The molecule has 0 saturated carbocycles. The summed E-state index contributed by atoms with van der Waals surface area (Å²) in [4.78, 5) is 14.7. The maximum absolute atomic E-state index is 6.53. The average molecular weight is 592 g/mol. The van der Waals surface area contributed by atoms with E-state index in [9.17, 15) is 0 Å². The van der Waals surface area contributed by atoms with E-state index in [4.69, 9.17) is 19.4 Å². The van der Waals surface area contributed by atoms with Gasteiger partial charge in [-0.15, -0.1) is 0 Å². The lowest BCUT2D eigenvalue weighted by Gasteiger charge is -2.21. The van der Waals surface area contributed by atoms with Gasteiger partial charge in [0.15, 0.2) is 17.5 Å². The largest absolute Gasteiger partial charge is 0.456 e. The molecule has 6 aromatic carbocycles. The summed E-state index contributed by atoms with van der Waals surface area (Å²) in [6.45, 7) is 4.63. The molecule has 2 aromatic heterocycles. The number of nitrogens with zero attached hydrogens (tertiary/aromatic N) is 3. The smallest absolute Gasteiger partial charge is 0.164 e. The molecule has 0 fully saturated rings. The van der Waals surface area contributed by atoms with Gasteiger partial charge in [-0.3, -0.25) is 0 Å². The second kappa shape index (κ2) is 10.1. The quantitative estimate of drug-likeness (QED) is 0.204. The molecule has 0 radical (unpaired) electrons. The maximum atomic E-state index is 6.53. The van der Waals surface area contributed by atoms with Crippen LogP contribution in [0.25, 0.3) is 78.4 Å². The third-order valence-electron chi connectivity index (χ3n) is 9.33. The highest BCUT2D eigenvalue weighted by atomic mass is 16.3. The Hall–Kier alpha value is -5.87. The molecule has 0 amide bonds. The number of hydrogen-bond acceptors (Lipinski definition) is 4. The first kappa shape index (κ1) is 26.5. The van der Waals surface area contributed by atoms with E-state index in [0.29, 0.717) is 17.5 Å². The molecule has 0 spiro atoms. The van der Waals surface area contributed by atoms with Crippen molar-refractivity contribution in [1.82, 2.24) is 15.0 Å². The number of benzene rings is 6. The average Bonchev–Trinajstić information content (AvgIpc) is 3.60. The Morgan fingerprint density at radius 2 is 1.04 bits per heavy atom. The van der Waals surface area contributed by atoms with Crippen LogP contribution >= 0.6 is 0 Å². The molecule has 218 valence electrons. The van der Waals surface area contributed by atoms with Gasteiger partial charge in [0.25, 0.3) is 0 Å². The predicted octanol–water partition coefficient (Wildman–Crippen LogP) is 10.7. The minimum Gasteiger partial charge on any atom is -0.456 e. The van der Waals surface area contributed by atoms with E-state index in [1.165, 1.54) is 27.6 Å². The van der Waals surface area contributed by atoms with E-state index in [-0.39, 0.29) is 5.41 Å². The van der Waals surface area contributed by atoms with Crippen LogP contribution in [0.1, 0.15) is 25.0 Å². The van der Waals surface area contributed by atoms with Gasteiger partial charge in [-0.2, -0.15) is 0 Å². The second-order valence-corrected chi connectivity index (χ2v) is 12.5. The molecule has 1 aliphatic carbocycles. The number of rotatable bonds is 4. The highest BCUT2D eigenvalue weighted by molar-refractivity contribution is 6.15. The van der Waals surface area contributed by atoms with Crippen molar-refractivity contribution in [2.75, 3.05) is 0 Å². The van der Waals surface area contributed by atoms with Gasteiger partial charge in [-0.05, 0) is 57.6 Å². The minimum atomic E-state index is -0.0557. The Kier molecular flexibility index (Phi) is 5.81. The molecule has 0 bridgehead atoms. The van der Waals surface area contributed by atoms with E-state index in [0.717, 1.165) is 44.4 Å². The Morgan fingerprint density at radius 3 is 1.76 bits per heavy atom. The zero-order valence-electron chi connectivity index (χ0n) is 25.5. The summed E-state index contributed by atoms with van der Waals surface area (Å²) in [5.74, 6) is 1.93. The van der Waals surface area contributed by atoms with Crippen molar-refractivity contribution < 1.29 is 4.42 Å². The summed E-state index contributed by atoms with van der Waals surface area (Å²) in [6.07, 6.45) is 0. The molecule has 9 rings (SSSR count). The molecule has 4 nitrogen and oxygen atoms in total. The topological polar surface area (TPSA) is 51.8 Å². The van der Waals surface area contributed by atoms with Crippen molar-refractivity contribution in [3.05, 3.63) is 151 Å². The molecular weight excluding hydrogens is 562 g/mol. The Labute approximate surface area is 267 Å². The van der Waals surface area contributed by atoms with Crippen LogP contribution in [0.2, 0.25) is 0 Å². The molecular formula is C42H29N3O. The molecule has 0 N–H and O–H groups in total. The van der Waals surface area contributed by atoms with Crippen molar-refractivity contribution in [1.29, 1.82) is 0 Å². The molecule has 2 heterocycles. The predicted molar refractivity (Wildman–Crippen MR) is 186 cm³/mol. The van der Waals surface area contributed by atoms with Crippen molar-refractivity contribution in [3.63, 3.8) is 0 Å². The third-order valence-corrected chi connectivity index (χ3v) is 9.33. The fourth-order valence-corrected chi connectivity index (χ4v) is 7.01. The Morgan fingerprint density at radius 1 is 0.457 bits per heavy atom. The van der Waals surface area contributed by atoms with Crippen molar-refractivity contribution in [3.8, 4) is 56.4 Å². The standard InChI is InChI=1S/C42H29N3O/c1-42(2)33-19-10-9-18-31(33)37-34(42)22-23-35-38(37)32-21-20-29(25-36(32)46-35)28-16-11-17-30(24-28)41-44-39(26-12-5-3-6-13-26)43-40(45-41)27-14-7-4-8-15-27/h3-25H,1-2H3. The fourth-order valence-electron chi connectivity index (χ4n) is 7.01. The van der Waals surface area contributed by atoms with Crippen LogP contribution in [-0.2, 0) is 5.41 Å². The second-order valence-electron chi connectivity index (χ2n) is 12.5. The zero-order chi connectivity index (χ0) is 30.8. The molecule has 1 aliphatic rings. The van der Waals surface area contributed by atoms with Crippen LogP contribution in [-0.4, -0.2) is 15.0 Å². The van der Waals surface area contributed by atoms with Gasteiger partial charge in [-0.1, -0.05) is 129 Å². The first-order valence-electron chi connectivity index (χ1n) is 15.6. The zero-order valence-corrected chi connectivity index (χ0v) is 25.5. The summed E-state index contributed by atoms with van der Waals surface area (Å²) in [7, 11) is 0. The SMILES string of the molecule is CC1(C)c2ccccc2-c2c1ccc1oc3cc(-c4cccc(-c5nc(-c6ccccc6)nc(-c6ccccc6)n5)c4)ccc3c21. The normalized spacial score (nSPS) is 13.2. The maximum Gasteiger partial charge on any atom is 0.164 e. The lowest BCUT2D eigenvalue weighted by atomic mass is 9.82. The molecule has 0 aliphatic heterocycles. The highest BCUT2D eigenvalue weighted by Gasteiger charge is 2.37. The first-order valence-corrected chi connectivity index (χ1v) is 15.6. The molecule has 0 saturated heterocycles. The van der Waals surface area contributed by atoms with E-state index in [1.54, 1.807) is 0 Å². The number of fused-ring (bicyclic) bond motifs is 7. The van der Waals surface area contributed by atoms with E-state index < -0.39 is 0 Å². The monoisotopic (exact) mass is 591 g/mol. The van der Waals surface area contributed by atoms with Gasteiger partial charge in [-0.25, -0.2) is 15.0 Å². The number of aromatic nitrogens is 3.